The van der Waals surface area contributed by atoms with Crippen molar-refractivity contribution in [2.24, 2.45) is 0 Å². The molecule has 0 saturated carbocycles. The van der Waals surface area contributed by atoms with E-state index in [1.54, 1.807) is 6.08 Å². The van der Waals surface area contributed by atoms with E-state index in [0.29, 0.717) is 17.4 Å². The lowest BCUT2D eigenvalue weighted by Gasteiger charge is -2.29. The Kier molecular flexibility index (Phi) is 48.7. The highest BCUT2D eigenvalue weighted by atomic mass is 31.2. The molecule has 0 saturated heterocycles. The van der Waals surface area contributed by atoms with Crippen molar-refractivity contribution in [2.45, 2.75) is 289 Å². The van der Waals surface area contributed by atoms with Crippen LogP contribution >= 0.6 is 7.82 Å². The molecule has 0 aliphatic rings. The van der Waals surface area contributed by atoms with Gasteiger partial charge in [-0.1, -0.05) is 262 Å². The third kappa shape index (κ3) is 52.4. The number of allylic oxidation sites excluding steroid dienone is 5. The number of aliphatic hydroxyl groups excluding tert-OH is 1. The Morgan fingerprint density at radius 1 is 0.507 bits per heavy atom. The third-order valence-corrected chi connectivity index (χ3v) is 14.0. The van der Waals surface area contributed by atoms with Gasteiger partial charge in [-0.25, -0.2) is 0 Å². The number of unbranched alkanes of at least 4 members (excludes halogenated alkanes) is 36. The molecule has 0 aliphatic carbocycles. The largest absolute Gasteiger partial charge is 0.756 e. The second kappa shape index (κ2) is 49.7. The molecule has 0 bridgehead atoms. The van der Waals surface area contributed by atoms with Crippen LogP contribution in [0.25, 0.3) is 0 Å². The Balaban J connectivity index is 4.27. The van der Waals surface area contributed by atoms with Crippen LogP contribution in [-0.2, 0) is 18.4 Å². The lowest BCUT2D eigenvalue weighted by Crippen LogP contribution is -2.45. The number of phosphoric acid groups is 1. The van der Waals surface area contributed by atoms with Crippen LogP contribution in [0.5, 0.6) is 0 Å². The van der Waals surface area contributed by atoms with E-state index in [9.17, 15) is 19.4 Å². The maximum atomic E-state index is 12.9. The van der Waals surface area contributed by atoms with Crippen LogP contribution in [0.2, 0.25) is 0 Å². The predicted molar refractivity (Wildman–Crippen MR) is 288 cm³/mol. The summed E-state index contributed by atoms with van der Waals surface area (Å²) in [6.45, 7) is 4.66. The molecule has 9 heteroatoms. The number of hydrogen-bond donors (Lipinski definition) is 2. The van der Waals surface area contributed by atoms with Gasteiger partial charge in [0.05, 0.1) is 39.9 Å². The Morgan fingerprint density at radius 3 is 1.21 bits per heavy atom. The van der Waals surface area contributed by atoms with Gasteiger partial charge in [-0.3, -0.25) is 9.36 Å². The summed E-state index contributed by atoms with van der Waals surface area (Å²) >= 11 is 0. The highest BCUT2D eigenvalue weighted by Crippen LogP contribution is 2.38. The van der Waals surface area contributed by atoms with Gasteiger partial charge >= 0.3 is 0 Å². The normalized spacial score (nSPS) is 14.2. The molecule has 8 nitrogen and oxygen atoms in total. The maximum absolute atomic E-state index is 12.9. The third-order valence-electron chi connectivity index (χ3n) is 13.1. The van der Waals surface area contributed by atoms with Crippen molar-refractivity contribution >= 4 is 13.7 Å². The van der Waals surface area contributed by atoms with Gasteiger partial charge in [0.2, 0.25) is 5.91 Å². The standard InChI is InChI=1S/C58H113N2O6P/c1-6-8-10-12-14-16-18-20-22-24-26-28-29-30-31-32-33-35-37-39-41-43-45-47-49-51-57(61)56(55-66-67(63,64)65-54-53-60(3,4)5)59-58(62)52-50-48-46-44-42-40-38-36-34-27-25-23-21-19-17-15-13-11-9-7-2/h33,35,41,43,49,51,56-57,61H,6-32,34,36-40,42,44-48,50,52-55H2,1-5H3,(H-,59,62,63,64)/b35-33+,43-41+,51-49+. The number of phosphoric ester groups is 1. The SMILES string of the molecule is CCCCCCCCCCCCCCCCC/C=C/CC/C=C/CC/C=C/C(O)C(COP(=O)([O-])OCC[N+](C)(C)C)NC(=O)CCCCCCCCCCCCCCCCCCCCCC. The minimum absolute atomic E-state index is 0.00737. The molecule has 0 radical (unpaired) electrons. The fourth-order valence-electron chi connectivity index (χ4n) is 8.54. The smallest absolute Gasteiger partial charge is 0.268 e. The molecular weight excluding hydrogens is 852 g/mol. The topological polar surface area (TPSA) is 108 Å². The first-order valence-electron chi connectivity index (χ1n) is 28.9. The summed E-state index contributed by atoms with van der Waals surface area (Å²) in [6.07, 6.45) is 63.7. The summed E-state index contributed by atoms with van der Waals surface area (Å²) in [5.41, 5.74) is 0. The molecular formula is C58H113N2O6P. The number of carbonyl (C=O) groups is 1. The van der Waals surface area contributed by atoms with E-state index in [1.165, 1.54) is 212 Å². The number of rotatable bonds is 53. The Bertz CT molecular complexity index is 1190. The molecule has 0 aliphatic heterocycles. The number of amides is 1. The summed E-state index contributed by atoms with van der Waals surface area (Å²) < 4.78 is 23.3. The van der Waals surface area contributed by atoms with Crippen LogP contribution in [0.3, 0.4) is 0 Å². The summed E-state index contributed by atoms with van der Waals surface area (Å²) in [5.74, 6) is -0.207. The zero-order chi connectivity index (χ0) is 49.2. The van der Waals surface area contributed by atoms with Crippen molar-refractivity contribution in [3.63, 3.8) is 0 Å². The van der Waals surface area contributed by atoms with Crippen LogP contribution in [-0.4, -0.2) is 68.5 Å². The zero-order valence-corrected chi connectivity index (χ0v) is 46.0. The number of nitrogens with one attached hydrogen (secondary N) is 1. The number of quaternary nitrogens is 1. The van der Waals surface area contributed by atoms with Crippen LogP contribution in [0.4, 0.5) is 0 Å². The van der Waals surface area contributed by atoms with E-state index in [1.807, 2.05) is 27.2 Å². The fourth-order valence-corrected chi connectivity index (χ4v) is 9.26. The minimum atomic E-state index is -4.61. The lowest BCUT2D eigenvalue weighted by atomic mass is 10.0. The van der Waals surface area contributed by atoms with Gasteiger partial charge in [0.15, 0.2) is 0 Å². The first-order valence-corrected chi connectivity index (χ1v) is 30.3. The van der Waals surface area contributed by atoms with Crippen LogP contribution in [0, 0.1) is 0 Å². The maximum Gasteiger partial charge on any atom is 0.268 e. The summed E-state index contributed by atoms with van der Waals surface area (Å²) in [6, 6.07) is -0.908. The van der Waals surface area contributed by atoms with Gasteiger partial charge in [-0.05, 0) is 44.9 Å². The Labute approximate surface area is 417 Å². The van der Waals surface area contributed by atoms with Crippen molar-refractivity contribution in [1.29, 1.82) is 0 Å². The lowest BCUT2D eigenvalue weighted by molar-refractivity contribution is -0.870. The molecule has 0 aromatic heterocycles. The van der Waals surface area contributed by atoms with E-state index in [4.69, 9.17) is 9.05 Å². The van der Waals surface area contributed by atoms with Crippen molar-refractivity contribution in [3.05, 3.63) is 36.5 Å². The van der Waals surface area contributed by atoms with Crippen molar-refractivity contribution in [3.8, 4) is 0 Å². The van der Waals surface area contributed by atoms with Crippen molar-refractivity contribution < 1.29 is 32.9 Å². The van der Waals surface area contributed by atoms with Gasteiger partial charge in [-0.2, -0.15) is 0 Å². The molecule has 396 valence electrons. The summed E-state index contributed by atoms with van der Waals surface area (Å²) in [7, 11) is 1.25. The second-order valence-electron chi connectivity index (χ2n) is 21.0. The fraction of sp³-hybridized carbons (Fsp3) is 0.879. The van der Waals surface area contributed by atoms with Gasteiger partial charge < -0.3 is 28.8 Å². The molecule has 3 unspecified atom stereocenters. The monoisotopic (exact) mass is 965 g/mol. The number of aliphatic hydroxyl groups is 1. The summed E-state index contributed by atoms with van der Waals surface area (Å²) in [5, 5.41) is 13.9. The molecule has 0 fully saturated rings. The first-order chi connectivity index (χ1) is 32.5. The Hall–Kier alpha value is -1.28. The highest BCUT2D eigenvalue weighted by Gasteiger charge is 2.23. The summed E-state index contributed by atoms with van der Waals surface area (Å²) in [4.78, 5) is 25.5. The second-order valence-corrected chi connectivity index (χ2v) is 22.4. The van der Waals surface area contributed by atoms with Gasteiger partial charge in [0.25, 0.3) is 7.82 Å². The van der Waals surface area contributed by atoms with Gasteiger partial charge in [0.1, 0.15) is 13.2 Å². The Morgan fingerprint density at radius 2 is 0.836 bits per heavy atom. The quantitative estimate of drug-likeness (QED) is 0.0272. The molecule has 0 heterocycles. The van der Waals surface area contributed by atoms with E-state index < -0.39 is 26.6 Å². The van der Waals surface area contributed by atoms with Crippen molar-refractivity contribution in [2.75, 3.05) is 40.9 Å². The minimum Gasteiger partial charge on any atom is -0.756 e. The molecule has 3 atom stereocenters. The van der Waals surface area contributed by atoms with Gasteiger partial charge in [-0.15, -0.1) is 0 Å². The molecule has 2 N–H and O–H groups in total. The molecule has 0 aromatic rings. The molecule has 0 rings (SSSR count). The number of nitrogens with zero attached hydrogens (tertiary/aromatic N) is 1. The van der Waals surface area contributed by atoms with Crippen LogP contribution in [0.15, 0.2) is 36.5 Å². The zero-order valence-electron chi connectivity index (χ0n) is 45.1. The highest BCUT2D eigenvalue weighted by molar-refractivity contribution is 7.45. The van der Waals surface area contributed by atoms with E-state index in [0.717, 1.165) is 44.9 Å². The van der Waals surface area contributed by atoms with E-state index in [2.05, 4.69) is 43.5 Å². The van der Waals surface area contributed by atoms with Crippen LogP contribution in [0.1, 0.15) is 277 Å². The van der Waals surface area contributed by atoms with Crippen molar-refractivity contribution in [1.82, 2.24) is 5.32 Å². The molecule has 0 spiro atoms. The predicted octanol–water partition coefficient (Wildman–Crippen LogP) is 16.7. The molecule has 1 amide bonds. The number of likely N-dealkylation sites (N-methyl/N-ethyl adjacent to an activating group) is 1. The van der Waals surface area contributed by atoms with Gasteiger partial charge in [0, 0.05) is 6.42 Å². The number of carbonyl (C=O) groups excluding carboxylic acids is 1. The molecule has 0 aromatic carbocycles. The van der Waals surface area contributed by atoms with E-state index in [-0.39, 0.29) is 12.5 Å². The average Bonchev–Trinajstić information content (AvgIpc) is 3.29. The first kappa shape index (κ1) is 65.7. The van der Waals surface area contributed by atoms with E-state index >= 15 is 0 Å². The average molecular weight is 966 g/mol. The van der Waals surface area contributed by atoms with Crippen LogP contribution < -0.4 is 10.2 Å². The molecule has 67 heavy (non-hydrogen) atoms. The number of hydrogen-bond acceptors (Lipinski definition) is 6.